The molecule has 0 saturated heterocycles. The molecule has 0 N–H and O–H groups in total. The quantitative estimate of drug-likeness (QED) is 0.594. The zero-order valence-electron chi connectivity index (χ0n) is 7.12. The van der Waals surface area contributed by atoms with Crippen molar-refractivity contribution in [2.45, 2.75) is 10.8 Å². The second-order valence-corrected chi connectivity index (χ2v) is 4.79. The van der Waals surface area contributed by atoms with Crippen molar-refractivity contribution in [3.63, 3.8) is 0 Å². The Morgan fingerprint density at radius 2 is 2.21 bits per heavy atom. The summed E-state index contributed by atoms with van der Waals surface area (Å²) in [6.07, 6.45) is 0. The molecule has 2 rings (SSSR count). The number of thiophene rings is 1. The van der Waals surface area contributed by atoms with Gasteiger partial charge in [-0.2, -0.15) is 5.26 Å². The third kappa shape index (κ3) is 1.61. The van der Waals surface area contributed by atoms with E-state index in [4.69, 9.17) is 16.9 Å². The van der Waals surface area contributed by atoms with Gasteiger partial charge in [-0.05, 0) is 23.6 Å². The maximum absolute atomic E-state index is 8.93. The van der Waals surface area contributed by atoms with Crippen molar-refractivity contribution >= 4 is 45.7 Å². The topological polar surface area (TPSA) is 23.8 Å². The number of nitriles is 1. The molecule has 0 aliphatic carbocycles. The average Bonchev–Trinajstić information content (AvgIpc) is 2.59. The molecule has 0 fully saturated rings. The van der Waals surface area contributed by atoms with Crippen LogP contribution in [0.25, 0.3) is 10.1 Å². The number of halogens is 1. The SMILES string of the molecule is N#Cc1cc(S)cc2cc(CCl)sc12. The van der Waals surface area contributed by atoms with Crippen LogP contribution in [-0.2, 0) is 5.88 Å². The fourth-order valence-corrected chi connectivity index (χ4v) is 2.80. The first-order valence-electron chi connectivity index (χ1n) is 3.96. The number of nitrogens with zero attached hydrogens (tertiary/aromatic N) is 1. The lowest BCUT2D eigenvalue weighted by molar-refractivity contribution is 1.46. The maximum atomic E-state index is 8.93. The van der Waals surface area contributed by atoms with Crippen LogP contribution in [0, 0.1) is 11.3 Å². The van der Waals surface area contributed by atoms with Gasteiger partial charge in [-0.3, -0.25) is 0 Å². The molecule has 1 aromatic carbocycles. The smallest absolute Gasteiger partial charge is 0.101 e. The third-order valence-electron chi connectivity index (χ3n) is 1.90. The van der Waals surface area contributed by atoms with Crippen LogP contribution in [0.5, 0.6) is 0 Å². The summed E-state index contributed by atoms with van der Waals surface area (Å²) in [7, 11) is 0. The monoisotopic (exact) mass is 239 g/mol. The largest absolute Gasteiger partial charge is 0.192 e. The van der Waals surface area contributed by atoms with Crippen LogP contribution in [0.2, 0.25) is 0 Å². The van der Waals surface area contributed by atoms with E-state index >= 15 is 0 Å². The molecule has 0 spiro atoms. The summed E-state index contributed by atoms with van der Waals surface area (Å²) >= 11 is 11.6. The van der Waals surface area contributed by atoms with Crippen LogP contribution in [0.4, 0.5) is 0 Å². The molecule has 14 heavy (non-hydrogen) atoms. The summed E-state index contributed by atoms with van der Waals surface area (Å²) in [4.78, 5) is 1.89. The lowest BCUT2D eigenvalue weighted by Crippen LogP contribution is -1.74. The highest BCUT2D eigenvalue weighted by Gasteiger charge is 2.06. The first-order chi connectivity index (χ1) is 6.74. The van der Waals surface area contributed by atoms with Gasteiger partial charge in [0.1, 0.15) is 6.07 Å². The third-order valence-corrected chi connectivity index (χ3v) is 3.79. The Labute approximate surface area is 96.3 Å². The number of thiol groups is 1. The Kier molecular flexibility index (Phi) is 2.69. The van der Waals surface area contributed by atoms with E-state index in [0.29, 0.717) is 11.4 Å². The number of fused-ring (bicyclic) bond motifs is 1. The fraction of sp³-hybridized carbons (Fsp3) is 0.100. The van der Waals surface area contributed by atoms with Gasteiger partial charge in [0.05, 0.1) is 16.1 Å². The average molecular weight is 240 g/mol. The first-order valence-corrected chi connectivity index (χ1v) is 5.76. The Balaban J connectivity index is 2.79. The molecule has 2 aromatic rings. The van der Waals surface area contributed by atoms with Gasteiger partial charge in [-0.15, -0.1) is 35.6 Å². The molecule has 0 aliphatic rings. The summed E-state index contributed by atoms with van der Waals surface area (Å²) in [5.74, 6) is 0.492. The minimum Gasteiger partial charge on any atom is -0.192 e. The number of benzene rings is 1. The molecule has 0 bridgehead atoms. The molecule has 1 heterocycles. The number of hydrogen-bond acceptors (Lipinski definition) is 3. The van der Waals surface area contributed by atoms with Crippen molar-refractivity contribution in [2.24, 2.45) is 0 Å². The molecule has 0 atom stereocenters. The van der Waals surface area contributed by atoms with Crippen molar-refractivity contribution in [3.8, 4) is 6.07 Å². The highest BCUT2D eigenvalue weighted by atomic mass is 35.5. The molecule has 1 aromatic heterocycles. The molecule has 70 valence electrons. The Morgan fingerprint density at radius 3 is 2.86 bits per heavy atom. The molecule has 0 radical (unpaired) electrons. The van der Waals surface area contributed by atoms with Crippen molar-refractivity contribution in [2.75, 3.05) is 0 Å². The first kappa shape index (κ1) is 9.85. The lowest BCUT2D eigenvalue weighted by Gasteiger charge is -1.94. The summed E-state index contributed by atoms with van der Waals surface area (Å²) in [6.45, 7) is 0. The van der Waals surface area contributed by atoms with Crippen molar-refractivity contribution in [3.05, 3.63) is 28.6 Å². The second-order valence-electron chi connectivity index (χ2n) is 2.87. The van der Waals surface area contributed by atoms with Crippen LogP contribution in [0.15, 0.2) is 23.1 Å². The molecule has 1 nitrogen and oxygen atoms in total. The van der Waals surface area contributed by atoms with E-state index in [2.05, 4.69) is 18.7 Å². The summed E-state index contributed by atoms with van der Waals surface area (Å²) in [5, 5.41) is 9.98. The van der Waals surface area contributed by atoms with E-state index in [9.17, 15) is 0 Å². The van der Waals surface area contributed by atoms with Crippen LogP contribution < -0.4 is 0 Å². The van der Waals surface area contributed by atoms with E-state index in [1.807, 2.05) is 12.1 Å². The lowest BCUT2D eigenvalue weighted by atomic mass is 10.2. The molecule has 0 saturated carbocycles. The molecule has 0 aliphatic heterocycles. The van der Waals surface area contributed by atoms with E-state index in [1.54, 1.807) is 17.4 Å². The normalized spacial score (nSPS) is 10.4. The number of hydrogen-bond donors (Lipinski definition) is 1. The van der Waals surface area contributed by atoms with Crippen LogP contribution in [-0.4, -0.2) is 0 Å². The summed E-state index contributed by atoms with van der Waals surface area (Å²) in [6, 6.07) is 7.90. The summed E-state index contributed by atoms with van der Waals surface area (Å²) < 4.78 is 1.00. The van der Waals surface area contributed by atoms with Gasteiger partial charge in [-0.1, -0.05) is 0 Å². The standard InChI is InChI=1S/C10H6ClNS2/c11-4-9-3-6-1-8(13)2-7(5-12)10(6)14-9/h1-3,13H,4H2. The van der Waals surface area contributed by atoms with Gasteiger partial charge in [0.15, 0.2) is 0 Å². The zero-order chi connectivity index (χ0) is 10.1. The zero-order valence-corrected chi connectivity index (χ0v) is 9.59. The number of alkyl halides is 1. The van der Waals surface area contributed by atoms with Crippen molar-refractivity contribution in [1.82, 2.24) is 0 Å². The van der Waals surface area contributed by atoms with Crippen LogP contribution in [0.3, 0.4) is 0 Å². The number of rotatable bonds is 1. The van der Waals surface area contributed by atoms with Gasteiger partial charge >= 0.3 is 0 Å². The Morgan fingerprint density at radius 1 is 1.43 bits per heavy atom. The highest BCUT2D eigenvalue weighted by Crippen LogP contribution is 2.31. The predicted molar refractivity (Wildman–Crippen MR) is 63.3 cm³/mol. The molecule has 0 amide bonds. The maximum Gasteiger partial charge on any atom is 0.101 e. The van der Waals surface area contributed by atoms with E-state index < -0.39 is 0 Å². The summed E-state index contributed by atoms with van der Waals surface area (Å²) in [5.41, 5.74) is 0.675. The minimum absolute atomic E-state index is 0.492. The second kappa shape index (κ2) is 3.82. The van der Waals surface area contributed by atoms with Gasteiger partial charge < -0.3 is 0 Å². The molecule has 0 unspecified atom stereocenters. The van der Waals surface area contributed by atoms with Gasteiger partial charge in [0, 0.05) is 9.77 Å². The highest BCUT2D eigenvalue weighted by molar-refractivity contribution is 7.80. The predicted octanol–water partition coefficient (Wildman–Crippen LogP) is 3.80. The van der Waals surface area contributed by atoms with E-state index in [0.717, 1.165) is 19.9 Å². The van der Waals surface area contributed by atoms with E-state index in [1.165, 1.54) is 0 Å². The Hall–Kier alpha value is -0.690. The van der Waals surface area contributed by atoms with Gasteiger partial charge in [0.25, 0.3) is 0 Å². The molecular weight excluding hydrogens is 234 g/mol. The fourth-order valence-electron chi connectivity index (χ4n) is 1.34. The molecular formula is C10H6ClNS2. The molecule has 4 heteroatoms. The van der Waals surface area contributed by atoms with Crippen molar-refractivity contribution in [1.29, 1.82) is 5.26 Å². The van der Waals surface area contributed by atoms with Gasteiger partial charge in [0.2, 0.25) is 0 Å². The Bertz CT molecular complexity index is 525. The van der Waals surface area contributed by atoms with E-state index in [-0.39, 0.29) is 0 Å². The van der Waals surface area contributed by atoms with Crippen LogP contribution in [0.1, 0.15) is 10.4 Å². The van der Waals surface area contributed by atoms with Crippen molar-refractivity contribution < 1.29 is 0 Å². The minimum atomic E-state index is 0.492. The van der Waals surface area contributed by atoms with Crippen LogP contribution >= 0.6 is 35.6 Å². The van der Waals surface area contributed by atoms with Gasteiger partial charge in [-0.25, -0.2) is 0 Å².